The largest absolute Gasteiger partial charge is 0.373 e. The highest BCUT2D eigenvalue weighted by Crippen LogP contribution is 2.22. The highest BCUT2D eigenvalue weighted by molar-refractivity contribution is 6.59. The van der Waals surface area contributed by atoms with E-state index in [0.717, 1.165) is 12.3 Å². The molecule has 0 atom stereocenters. The summed E-state index contributed by atoms with van der Waals surface area (Å²) in [5.74, 6) is 6.02. The summed E-state index contributed by atoms with van der Waals surface area (Å²) in [7, 11) is 0. The Hall–Kier alpha value is -1.36. The topological polar surface area (TPSA) is 3.24 Å². The molecule has 0 spiro atoms. The van der Waals surface area contributed by atoms with Crippen LogP contribution in [-0.4, -0.2) is 19.8 Å². The van der Waals surface area contributed by atoms with Crippen LogP contribution in [0.5, 0.6) is 0 Å². The van der Waals surface area contributed by atoms with E-state index in [0.29, 0.717) is 0 Å². The lowest BCUT2D eigenvalue weighted by atomic mass is 9.42. The average molecular weight is 225 g/mol. The number of rotatable bonds is 2. The second-order valence-corrected chi connectivity index (χ2v) is 4.76. The van der Waals surface area contributed by atoms with Crippen molar-refractivity contribution in [2.45, 2.75) is 32.8 Å². The van der Waals surface area contributed by atoms with Crippen LogP contribution in [0.25, 0.3) is 0 Å². The van der Waals surface area contributed by atoms with Crippen molar-refractivity contribution in [1.82, 2.24) is 0 Å². The van der Waals surface area contributed by atoms with Gasteiger partial charge in [0.1, 0.15) is 6.71 Å². The van der Waals surface area contributed by atoms with Gasteiger partial charge >= 0.3 is 0 Å². The predicted molar refractivity (Wildman–Crippen MR) is 77.1 cm³/mol. The predicted octanol–water partition coefficient (Wildman–Crippen LogP) is 3.39. The molecule has 1 aromatic carbocycles. The van der Waals surface area contributed by atoms with Gasteiger partial charge in [-0.15, -0.1) is 5.92 Å². The number of hydrogen-bond acceptors (Lipinski definition) is 1. The first-order valence-electron chi connectivity index (χ1n) is 6.61. The van der Waals surface area contributed by atoms with Crippen molar-refractivity contribution in [2.24, 2.45) is 0 Å². The van der Waals surface area contributed by atoms with E-state index in [9.17, 15) is 0 Å². The summed E-state index contributed by atoms with van der Waals surface area (Å²) in [5.41, 5.74) is 2.46. The molecule has 1 heterocycles. The van der Waals surface area contributed by atoms with E-state index in [1.807, 2.05) is 6.92 Å². The van der Waals surface area contributed by atoms with Crippen LogP contribution >= 0.6 is 0 Å². The summed E-state index contributed by atoms with van der Waals surface area (Å²) in [6, 6.07) is 8.65. The van der Waals surface area contributed by atoms with Gasteiger partial charge in [0, 0.05) is 24.3 Å². The maximum atomic E-state index is 3.09. The van der Waals surface area contributed by atoms with E-state index in [4.69, 9.17) is 0 Å². The Labute approximate surface area is 105 Å². The first-order chi connectivity index (χ1) is 8.33. The molecule has 1 aromatic rings. The Kier molecular flexibility index (Phi) is 4.15. The van der Waals surface area contributed by atoms with E-state index in [1.165, 1.54) is 37.7 Å². The number of anilines is 1. The standard InChI is InChI=1S/C15H20BN/c1-3-5-14-6-8-15(9-7-14)17-12-10-16(4-2)11-13-17/h6-9H,4,10-13H2,1-2H3. The molecule has 88 valence electrons. The maximum Gasteiger partial charge on any atom is 0.143 e. The van der Waals surface area contributed by atoms with E-state index >= 15 is 0 Å². The minimum absolute atomic E-state index is 0.941. The van der Waals surface area contributed by atoms with Gasteiger partial charge in [-0.25, -0.2) is 0 Å². The molecule has 1 aliphatic rings. The maximum absolute atomic E-state index is 3.09. The second kappa shape index (κ2) is 5.82. The zero-order valence-electron chi connectivity index (χ0n) is 10.9. The molecular formula is C15H20BN. The van der Waals surface area contributed by atoms with Gasteiger partial charge in [0.15, 0.2) is 0 Å². The first kappa shape index (κ1) is 12.1. The highest BCUT2D eigenvalue weighted by Gasteiger charge is 2.20. The highest BCUT2D eigenvalue weighted by atomic mass is 15.1. The number of benzene rings is 1. The second-order valence-electron chi connectivity index (χ2n) is 4.76. The van der Waals surface area contributed by atoms with E-state index in [1.54, 1.807) is 0 Å². The Morgan fingerprint density at radius 3 is 2.35 bits per heavy atom. The minimum Gasteiger partial charge on any atom is -0.373 e. The molecule has 1 fully saturated rings. The van der Waals surface area contributed by atoms with Crippen LogP contribution in [0.4, 0.5) is 5.69 Å². The van der Waals surface area contributed by atoms with Gasteiger partial charge in [-0.2, -0.15) is 0 Å². The van der Waals surface area contributed by atoms with Crippen LogP contribution in [0, 0.1) is 11.8 Å². The Morgan fingerprint density at radius 2 is 1.82 bits per heavy atom. The smallest absolute Gasteiger partial charge is 0.143 e. The minimum atomic E-state index is 0.941. The van der Waals surface area contributed by atoms with Crippen molar-refractivity contribution >= 4 is 12.4 Å². The molecule has 1 aliphatic heterocycles. The molecular weight excluding hydrogens is 205 g/mol. The van der Waals surface area contributed by atoms with E-state index < -0.39 is 0 Å². The summed E-state index contributed by atoms with van der Waals surface area (Å²) < 4.78 is 0. The van der Waals surface area contributed by atoms with Gasteiger partial charge < -0.3 is 4.90 Å². The molecule has 2 rings (SSSR count). The molecule has 0 saturated carbocycles. The van der Waals surface area contributed by atoms with Crippen molar-refractivity contribution < 1.29 is 0 Å². The Morgan fingerprint density at radius 1 is 1.18 bits per heavy atom. The van der Waals surface area contributed by atoms with E-state index in [2.05, 4.69) is 47.9 Å². The van der Waals surface area contributed by atoms with Crippen molar-refractivity contribution in [1.29, 1.82) is 0 Å². The van der Waals surface area contributed by atoms with Crippen molar-refractivity contribution in [3.63, 3.8) is 0 Å². The van der Waals surface area contributed by atoms with Gasteiger partial charge in [-0.05, 0) is 31.2 Å². The first-order valence-corrected chi connectivity index (χ1v) is 6.61. The van der Waals surface area contributed by atoms with Crippen LogP contribution in [0.1, 0.15) is 19.4 Å². The fraction of sp³-hybridized carbons (Fsp3) is 0.467. The molecule has 1 saturated heterocycles. The molecule has 1 nitrogen and oxygen atoms in total. The lowest BCUT2D eigenvalue weighted by molar-refractivity contribution is 0.813. The normalized spacial score (nSPS) is 15.4. The van der Waals surface area contributed by atoms with Gasteiger partial charge in [0.25, 0.3) is 0 Å². The fourth-order valence-electron chi connectivity index (χ4n) is 2.50. The molecule has 0 unspecified atom stereocenters. The lowest BCUT2D eigenvalue weighted by Gasteiger charge is -2.32. The van der Waals surface area contributed by atoms with Crippen molar-refractivity contribution in [3.05, 3.63) is 29.8 Å². The van der Waals surface area contributed by atoms with Crippen LogP contribution < -0.4 is 4.90 Å². The molecule has 0 radical (unpaired) electrons. The lowest BCUT2D eigenvalue weighted by Crippen LogP contribution is -2.36. The molecule has 0 aromatic heterocycles. The van der Waals surface area contributed by atoms with E-state index in [-0.39, 0.29) is 0 Å². The van der Waals surface area contributed by atoms with Crippen LogP contribution in [-0.2, 0) is 0 Å². The fourth-order valence-corrected chi connectivity index (χ4v) is 2.50. The summed E-state index contributed by atoms with van der Waals surface area (Å²) in [6.07, 6.45) is 4.01. The van der Waals surface area contributed by atoms with Crippen LogP contribution in [0.3, 0.4) is 0 Å². The van der Waals surface area contributed by atoms with Crippen LogP contribution in [0.2, 0.25) is 19.0 Å². The third-order valence-electron chi connectivity index (χ3n) is 3.69. The van der Waals surface area contributed by atoms with Crippen molar-refractivity contribution in [2.75, 3.05) is 18.0 Å². The number of nitrogens with zero attached hydrogens (tertiary/aromatic N) is 1. The SMILES string of the molecule is CC#Cc1ccc(N2CCB(CC)CC2)cc1. The third kappa shape index (κ3) is 3.06. The van der Waals surface area contributed by atoms with Crippen LogP contribution in [0.15, 0.2) is 24.3 Å². The molecule has 0 amide bonds. The monoisotopic (exact) mass is 225 g/mol. The average Bonchev–Trinajstić information content (AvgIpc) is 2.40. The Bertz CT molecular complexity index is 405. The molecule has 17 heavy (non-hydrogen) atoms. The van der Waals surface area contributed by atoms with Gasteiger partial charge in [0.2, 0.25) is 0 Å². The molecule has 2 heteroatoms. The third-order valence-corrected chi connectivity index (χ3v) is 3.69. The Balaban J connectivity index is 2.00. The zero-order valence-corrected chi connectivity index (χ0v) is 10.9. The summed E-state index contributed by atoms with van der Waals surface area (Å²) in [5, 5.41) is 0. The van der Waals surface area contributed by atoms with Gasteiger partial charge in [-0.1, -0.05) is 31.8 Å². The molecule has 0 bridgehead atoms. The summed E-state index contributed by atoms with van der Waals surface area (Å²) >= 11 is 0. The molecule has 0 N–H and O–H groups in total. The summed E-state index contributed by atoms with van der Waals surface area (Å²) in [4.78, 5) is 2.50. The summed E-state index contributed by atoms with van der Waals surface area (Å²) in [6.45, 7) is 7.54. The molecule has 0 aliphatic carbocycles. The zero-order chi connectivity index (χ0) is 12.1. The number of hydrogen-bond donors (Lipinski definition) is 0. The van der Waals surface area contributed by atoms with Gasteiger partial charge in [-0.3, -0.25) is 0 Å². The quantitative estimate of drug-likeness (QED) is 0.550. The van der Waals surface area contributed by atoms with Gasteiger partial charge in [0.05, 0.1) is 0 Å². The van der Waals surface area contributed by atoms with Crippen molar-refractivity contribution in [3.8, 4) is 11.8 Å².